The Morgan fingerprint density at radius 2 is 2.07 bits per heavy atom. The SMILES string of the molecule is Cc1cc(C)n(-c2cncc(Br)n2)n1. The molecule has 0 aliphatic rings. The molecule has 2 rings (SSSR count). The second-order valence-corrected chi connectivity index (χ2v) is 3.85. The smallest absolute Gasteiger partial charge is 0.173 e. The normalized spacial score (nSPS) is 10.5. The predicted octanol–water partition coefficient (Wildman–Crippen LogP) is 2.04. The Labute approximate surface area is 90.1 Å². The molecule has 2 heterocycles. The van der Waals surface area contributed by atoms with Crippen LogP contribution in [0.15, 0.2) is 23.1 Å². The van der Waals surface area contributed by atoms with E-state index < -0.39 is 0 Å². The van der Waals surface area contributed by atoms with Gasteiger partial charge in [-0.15, -0.1) is 0 Å². The summed E-state index contributed by atoms with van der Waals surface area (Å²) in [6.45, 7) is 3.94. The number of hydrogen-bond acceptors (Lipinski definition) is 3. The van der Waals surface area contributed by atoms with Crippen LogP contribution in [0.4, 0.5) is 0 Å². The molecule has 0 saturated carbocycles. The minimum absolute atomic E-state index is 0.711. The lowest BCUT2D eigenvalue weighted by Crippen LogP contribution is -2.02. The van der Waals surface area contributed by atoms with Crippen molar-refractivity contribution in [3.8, 4) is 5.82 Å². The van der Waals surface area contributed by atoms with E-state index in [1.165, 1.54) is 0 Å². The fourth-order valence-corrected chi connectivity index (χ4v) is 1.60. The van der Waals surface area contributed by atoms with E-state index in [1.54, 1.807) is 17.1 Å². The molecule has 2 aromatic heterocycles. The van der Waals surface area contributed by atoms with Crippen molar-refractivity contribution in [2.24, 2.45) is 0 Å². The van der Waals surface area contributed by atoms with E-state index in [2.05, 4.69) is 31.0 Å². The Morgan fingerprint density at radius 1 is 1.29 bits per heavy atom. The van der Waals surface area contributed by atoms with Crippen LogP contribution in [0.3, 0.4) is 0 Å². The number of hydrogen-bond donors (Lipinski definition) is 0. The molecule has 72 valence electrons. The molecule has 0 aromatic carbocycles. The van der Waals surface area contributed by atoms with E-state index in [0.29, 0.717) is 4.60 Å². The summed E-state index contributed by atoms with van der Waals surface area (Å²) in [5.74, 6) is 0.727. The summed E-state index contributed by atoms with van der Waals surface area (Å²) in [5, 5.41) is 4.31. The van der Waals surface area contributed by atoms with Gasteiger partial charge in [0.15, 0.2) is 5.82 Å². The third kappa shape index (κ3) is 1.68. The van der Waals surface area contributed by atoms with Crippen molar-refractivity contribution in [3.63, 3.8) is 0 Å². The van der Waals surface area contributed by atoms with Crippen LogP contribution >= 0.6 is 15.9 Å². The lowest BCUT2D eigenvalue weighted by molar-refractivity contribution is 0.796. The van der Waals surface area contributed by atoms with E-state index in [9.17, 15) is 0 Å². The summed E-state index contributed by atoms with van der Waals surface area (Å²) in [4.78, 5) is 8.31. The van der Waals surface area contributed by atoms with Crippen molar-refractivity contribution in [2.45, 2.75) is 13.8 Å². The fourth-order valence-electron chi connectivity index (χ4n) is 1.30. The van der Waals surface area contributed by atoms with Gasteiger partial charge in [-0.3, -0.25) is 4.98 Å². The molecule has 0 amide bonds. The molecule has 0 saturated heterocycles. The molecule has 5 heteroatoms. The number of halogens is 1. The Kier molecular flexibility index (Phi) is 2.33. The minimum Gasteiger partial charge on any atom is -0.258 e. The van der Waals surface area contributed by atoms with E-state index in [4.69, 9.17) is 0 Å². The van der Waals surface area contributed by atoms with Gasteiger partial charge in [0, 0.05) is 5.69 Å². The predicted molar refractivity (Wildman–Crippen MR) is 56.3 cm³/mol. The maximum Gasteiger partial charge on any atom is 0.173 e. The zero-order valence-electron chi connectivity index (χ0n) is 7.90. The standard InChI is InChI=1S/C9H9BrN4/c1-6-3-7(2)14(13-6)9-5-11-4-8(10)12-9/h3-5H,1-2H3. The number of aryl methyl sites for hydroxylation is 2. The third-order valence-electron chi connectivity index (χ3n) is 1.82. The first-order valence-corrected chi connectivity index (χ1v) is 4.97. The van der Waals surface area contributed by atoms with Gasteiger partial charge in [0.2, 0.25) is 0 Å². The van der Waals surface area contributed by atoms with Gasteiger partial charge >= 0.3 is 0 Å². The van der Waals surface area contributed by atoms with Crippen molar-refractivity contribution in [2.75, 3.05) is 0 Å². The van der Waals surface area contributed by atoms with E-state index in [1.807, 2.05) is 19.9 Å². The van der Waals surface area contributed by atoms with Crippen LogP contribution in [0.25, 0.3) is 5.82 Å². The first kappa shape index (κ1) is 9.33. The van der Waals surface area contributed by atoms with Gasteiger partial charge in [0.25, 0.3) is 0 Å². The first-order valence-electron chi connectivity index (χ1n) is 4.18. The molecule has 0 bridgehead atoms. The molecule has 0 fully saturated rings. The highest BCUT2D eigenvalue weighted by Gasteiger charge is 2.04. The van der Waals surface area contributed by atoms with Gasteiger partial charge < -0.3 is 0 Å². The summed E-state index contributed by atoms with van der Waals surface area (Å²) in [6, 6.07) is 2.00. The average molecular weight is 253 g/mol. The van der Waals surface area contributed by atoms with Gasteiger partial charge in [0.05, 0.1) is 18.1 Å². The molecule has 4 nitrogen and oxygen atoms in total. The van der Waals surface area contributed by atoms with Crippen molar-refractivity contribution in [1.82, 2.24) is 19.7 Å². The summed E-state index contributed by atoms with van der Waals surface area (Å²) >= 11 is 3.28. The van der Waals surface area contributed by atoms with Crippen molar-refractivity contribution in [3.05, 3.63) is 34.5 Å². The second kappa shape index (κ2) is 3.49. The summed E-state index contributed by atoms with van der Waals surface area (Å²) < 4.78 is 2.48. The van der Waals surface area contributed by atoms with Gasteiger partial charge in [-0.1, -0.05) is 0 Å². The molecule has 2 aromatic rings. The van der Waals surface area contributed by atoms with Crippen LogP contribution in [0.2, 0.25) is 0 Å². The molecule has 0 aliphatic carbocycles. The van der Waals surface area contributed by atoms with Gasteiger partial charge in [-0.2, -0.15) is 5.10 Å². The second-order valence-electron chi connectivity index (χ2n) is 3.04. The Hall–Kier alpha value is -1.23. The highest BCUT2D eigenvalue weighted by atomic mass is 79.9. The molecule has 0 spiro atoms. The maximum atomic E-state index is 4.31. The zero-order chi connectivity index (χ0) is 10.1. The van der Waals surface area contributed by atoms with Crippen molar-refractivity contribution in [1.29, 1.82) is 0 Å². The quantitative estimate of drug-likeness (QED) is 0.781. The summed E-state index contributed by atoms with van der Waals surface area (Å²) in [7, 11) is 0. The Balaban J connectivity index is 2.54. The molecule has 0 aliphatic heterocycles. The number of nitrogens with zero attached hydrogens (tertiary/aromatic N) is 4. The average Bonchev–Trinajstić information content (AvgIpc) is 2.45. The molecule has 0 unspecified atom stereocenters. The first-order chi connectivity index (χ1) is 6.66. The Morgan fingerprint density at radius 3 is 2.64 bits per heavy atom. The molecular weight excluding hydrogens is 244 g/mol. The topological polar surface area (TPSA) is 43.6 Å². The zero-order valence-corrected chi connectivity index (χ0v) is 9.48. The van der Waals surface area contributed by atoms with E-state index in [-0.39, 0.29) is 0 Å². The minimum atomic E-state index is 0.711. The highest BCUT2D eigenvalue weighted by Crippen LogP contribution is 2.11. The molecule has 14 heavy (non-hydrogen) atoms. The van der Waals surface area contributed by atoms with Crippen LogP contribution in [0, 0.1) is 13.8 Å². The lowest BCUT2D eigenvalue weighted by atomic mass is 10.4. The summed E-state index contributed by atoms with van der Waals surface area (Å²) in [6.07, 6.45) is 3.33. The monoisotopic (exact) mass is 252 g/mol. The Bertz CT molecular complexity index is 464. The molecular formula is C9H9BrN4. The lowest BCUT2D eigenvalue weighted by Gasteiger charge is -2.01. The van der Waals surface area contributed by atoms with Gasteiger partial charge in [0.1, 0.15) is 4.60 Å². The maximum absolute atomic E-state index is 4.31. The van der Waals surface area contributed by atoms with E-state index in [0.717, 1.165) is 17.2 Å². The van der Waals surface area contributed by atoms with Crippen LogP contribution in [0.5, 0.6) is 0 Å². The molecule has 0 N–H and O–H groups in total. The highest BCUT2D eigenvalue weighted by molar-refractivity contribution is 9.10. The van der Waals surface area contributed by atoms with Crippen LogP contribution < -0.4 is 0 Å². The van der Waals surface area contributed by atoms with Gasteiger partial charge in [-0.05, 0) is 35.8 Å². The fraction of sp³-hybridized carbons (Fsp3) is 0.222. The van der Waals surface area contributed by atoms with Gasteiger partial charge in [-0.25, -0.2) is 9.67 Å². The molecule has 0 radical (unpaired) electrons. The van der Waals surface area contributed by atoms with Crippen molar-refractivity contribution < 1.29 is 0 Å². The largest absolute Gasteiger partial charge is 0.258 e. The number of aromatic nitrogens is 4. The molecule has 0 atom stereocenters. The van der Waals surface area contributed by atoms with Crippen LogP contribution in [0.1, 0.15) is 11.4 Å². The third-order valence-corrected chi connectivity index (χ3v) is 2.20. The summed E-state index contributed by atoms with van der Waals surface area (Å²) in [5.41, 5.74) is 2.03. The van der Waals surface area contributed by atoms with Crippen molar-refractivity contribution >= 4 is 15.9 Å². The van der Waals surface area contributed by atoms with Crippen LogP contribution in [-0.4, -0.2) is 19.7 Å². The van der Waals surface area contributed by atoms with Crippen LogP contribution in [-0.2, 0) is 0 Å². The van der Waals surface area contributed by atoms with E-state index >= 15 is 0 Å². The number of rotatable bonds is 1.